The molecule has 1 aliphatic rings. The van der Waals surface area contributed by atoms with Crippen molar-refractivity contribution >= 4 is 11.9 Å². The van der Waals surface area contributed by atoms with Gasteiger partial charge in [-0.3, -0.25) is 4.79 Å². The number of unbranched alkanes of at least 4 members (excludes halogenated alkanes) is 8. The molecule has 0 bridgehead atoms. The van der Waals surface area contributed by atoms with Crippen LogP contribution >= 0.6 is 0 Å². The standard InChI is InChI=1S/C21H30O4/c1-2-3-4-5-6-7-8-9-13-16-18-20(25-21(23)24-18)19(22)17-14-11-10-12-15-17/h10-12,14-15,18,20H,2-9,13,16H2,1H3/t18-,20+/m0/s1. The predicted molar refractivity (Wildman–Crippen MR) is 97.8 cm³/mol. The van der Waals surface area contributed by atoms with Crippen molar-refractivity contribution in [2.24, 2.45) is 0 Å². The molecule has 0 N–H and O–H groups in total. The molecule has 138 valence electrons. The summed E-state index contributed by atoms with van der Waals surface area (Å²) in [5, 5.41) is 0. The Labute approximate surface area is 150 Å². The summed E-state index contributed by atoms with van der Waals surface area (Å²) in [6.07, 6.45) is 9.82. The molecule has 0 unspecified atom stereocenters. The molecule has 1 heterocycles. The van der Waals surface area contributed by atoms with Gasteiger partial charge in [-0.05, 0) is 12.8 Å². The third-order valence-corrected chi connectivity index (χ3v) is 4.72. The molecule has 0 spiro atoms. The zero-order valence-corrected chi connectivity index (χ0v) is 15.2. The molecular weight excluding hydrogens is 316 g/mol. The number of benzene rings is 1. The van der Waals surface area contributed by atoms with Gasteiger partial charge in [0.25, 0.3) is 0 Å². The fourth-order valence-electron chi connectivity index (χ4n) is 3.25. The molecule has 1 aromatic rings. The van der Waals surface area contributed by atoms with Crippen molar-refractivity contribution in [3.63, 3.8) is 0 Å². The number of Topliss-reactive ketones (excluding diaryl/α,β-unsaturated/α-hetero) is 1. The Kier molecular flexibility index (Phi) is 8.50. The minimum atomic E-state index is -0.802. The van der Waals surface area contributed by atoms with Crippen molar-refractivity contribution < 1.29 is 19.1 Å². The summed E-state index contributed by atoms with van der Waals surface area (Å²) >= 11 is 0. The topological polar surface area (TPSA) is 52.6 Å². The first-order valence-corrected chi connectivity index (χ1v) is 9.69. The smallest absolute Gasteiger partial charge is 0.426 e. The van der Waals surface area contributed by atoms with Crippen molar-refractivity contribution in [1.82, 2.24) is 0 Å². The molecule has 2 rings (SSSR count). The van der Waals surface area contributed by atoms with Crippen molar-refractivity contribution in [3.8, 4) is 0 Å². The fraction of sp³-hybridized carbons (Fsp3) is 0.619. The van der Waals surface area contributed by atoms with E-state index in [4.69, 9.17) is 9.47 Å². The van der Waals surface area contributed by atoms with Gasteiger partial charge in [0.05, 0.1) is 0 Å². The summed E-state index contributed by atoms with van der Waals surface area (Å²) in [6, 6.07) is 8.95. The maximum absolute atomic E-state index is 12.5. The van der Waals surface area contributed by atoms with Gasteiger partial charge in [-0.2, -0.15) is 0 Å². The molecule has 4 heteroatoms. The van der Waals surface area contributed by atoms with Crippen LogP contribution in [0.3, 0.4) is 0 Å². The molecule has 0 saturated carbocycles. The van der Waals surface area contributed by atoms with Crippen LogP contribution in [0.15, 0.2) is 30.3 Å². The van der Waals surface area contributed by atoms with Crippen molar-refractivity contribution in [1.29, 1.82) is 0 Å². The molecule has 1 fully saturated rings. The maximum atomic E-state index is 12.5. The first kappa shape index (κ1) is 19.5. The molecule has 4 nitrogen and oxygen atoms in total. The summed E-state index contributed by atoms with van der Waals surface area (Å²) in [7, 11) is 0. The van der Waals surface area contributed by atoms with E-state index in [1.165, 1.54) is 44.9 Å². The summed E-state index contributed by atoms with van der Waals surface area (Å²) in [5.74, 6) is -0.174. The van der Waals surface area contributed by atoms with Crippen LogP contribution in [0.2, 0.25) is 0 Å². The normalized spacial score (nSPS) is 19.5. The summed E-state index contributed by atoms with van der Waals surface area (Å²) < 4.78 is 10.3. The van der Waals surface area contributed by atoms with E-state index >= 15 is 0 Å². The number of hydrogen-bond donors (Lipinski definition) is 0. The first-order valence-electron chi connectivity index (χ1n) is 9.69. The molecule has 2 atom stereocenters. The summed E-state index contributed by atoms with van der Waals surface area (Å²) in [6.45, 7) is 2.23. The molecule has 1 aliphatic heterocycles. The number of ether oxygens (including phenoxy) is 2. The van der Waals surface area contributed by atoms with Gasteiger partial charge >= 0.3 is 6.16 Å². The van der Waals surface area contributed by atoms with Crippen molar-refractivity contribution in [3.05, 3.63) is 35.9 Å². The second-order valence-corrected chi connectivity index (χ2v) is 6.79. The highest BCUT2D eigenvalue weighted by Crippen LogP contribution is 2.24. The Hall–Kier alpha value is -1.84. The number of carbonyl (C=O) groups excluding carboxylic acids is 2. The minimum Gasteiger partial charge on any atom is -0.426 e. The van der Waals surface area contributed by atoms with Crippen LogP contribution in [-0.2, 0) is 9.47 Å². The number of ketones is 1. The van der Waals surface area contributed by atoms with E-state index in [9.17, 15) is 9.59 Å². The Morgan fingerprint density at radius 2 is 1.48 bits per heavy atom. The third-order valence-electron chi connectivity index (χ3n) is 4.72. The average molecular weight is 346 g/mol. The lowest BCUT2D eigenvalue weighted by atomic mass is 9.98. The van der Waals surface area contributed by atoms with Crippen molar-refractivity contribution in [2.45, 2.75) is 83.3 Å². The van der Waals surface area contributed by atoms with Crippen LogP contribution in [0.1, 0.15) is 81.5 Å². The molecule has 1 saturated heterocycles. The minimum absolute atomic E-state index is 0.174. The van der Waals surface area contributed by atoms with Gasteiger partial charge in [0.2, 0.25) is 11.9 Å². The number of carbonyl (C=O) groups is 2. The van der Waals surface area contributed by atoms with E-state index in [0.29, 0.717) is 12.0 Å². The lowest BCUT2D eigenvalue weighted by molar-refractivity contribution is 0.0707. The average Bonchev–Trinajstić information content (AvgIpc) is 3.01. The van der Waals surface area contributed by atoms with Gasteiger partial charge in [0, 0.05) is 5.56 Å². The second-order valence-electron chi connectivity index (χ2n) is 6.79. The van der Waals surface area contributed by atoms with Crippen LogP contribution in [0, 0.1) is 0 Å². The van der Waals surface area contributed by atoms with E-state index in [-0.39, 0.29) is 5.78 Å². The number of cyclic esters (lactones) is 2. The van der Waals surface area contributed by atoms with Crippen LogP contribution in [0.4, 0.5) is 4.79 Å². The van der Waals surface area contributed by atoms with Gasteiger partial charge in [0.15, 0.2) is 0 Å². The van der Waals surface area contributed by atoms with E-state index < -0.39 is 18.4 Å². The van der Waals surface area contributed by atoms with E-state index in [2.05, 4.69) is 6.92 Å². The largest absolute Gasteiger partial charge is 0.509 e. The summed E-state index contributed by atoms with van der Waals surface area (Å²) in [5.41, 5.74) is 0.558. The van der Waals surface area contributed by atoms with E-state index in [1.807, 2.05) is 6.07 Å². The van der Waals surface area contributed by atoms with Gasteiger partial charge in [-0.1, -0.05) is 88.6 Å². The van der Waals surface area contributed by atoms with Crippen molar-refractivity contribution in [2.75, 3.05) is 0 Å². The third kappa shape index (κ3) is 6.52. The summed E-state index contributed by atoms with van der Waals surface area (Å²) in [4.78, 5) is 24.0. The highest BCUT2D eigenvalue weighted by atomic mass is 16.8. The molecular formula is C21H30O4. The molecule has 0 amide bonds. The van der Waals surface area contributed by atoms with Gasteiger partial charge < -0.3 is 9.47 Å². The Morgan fingerprint density at radius 3 is 2.12 bits per heavy atom. The maximum Gasteiger partial charge on any atom is 0.509 e. The number of rotatable bonds is 12. The quantitative estimate of drug-likeness (QED) is 0.277. The Balaban J connectivity index is 1.68. The lowest BCUT2D eigenvalue weighted by Gasteiger charge is -2.14. The number of hydrogen-bond acceptors (Lipinski definition) is 4. The lowest BCUT2D eigenvalue weighted by Crippen LogP contribution is -2.31. The molecule has 0 aromatic heterocycles. The Morgan fingerprint density at radius 1 is 0.880 bits per heavy atom. The highest BCUT2D eigenvalue weighted by Gasteiger charge is 2.41. The van der Waals surface area contributed by atoms with Crippen LogP contribution in [0.5, 0.6) is 0 Å². The van der Waals surface area contributed by atoms with Crippen LogP contribution in [0.25, 0.3) is 0 Å². The fourth-order valence-corrected chi connectivity index (χ4v) is 3.25. The van der Waals surface area contributed by atoms with Crippen LogP contribution < -0.4 is 0 Å². The Bertz CT molecular complexity index is 526. The monoisotopic (exact) mass is 346 g/mol. The van der Waals surface area contributed by atoms with Crippen LogP contribution in [-0.4, -0.2) is 24.1 Å². The highest BCUT2D eigenvalue weighted by molar-refractivity contribution is 6.01. The molecule has 25 heavy (non-hydrogen) atoms. The molecule has 0 radical (unpaired) electrons. The predicted octanol–water partition coefficient (Wildman–Crippen LogP) is 5.69. The van der Waals surface area contributed by atoms with E-state index in [0.717, 1.165) is 12.8 Å². The second kappa shape index (κ2) is 10.9. The molecule has 0 aliphatic carbocycles. The SMILES string of the molecule is CCCCCCCCCCC[C@@H]1OC(=O)O[C@H]1C(=O)c1ccccc1. The zero-order valence-electron chi connectivity index (χ0n) is 15.2. The van der Waals surface area contributed by atoms with Gasteiger partial charge in [-0.25, -0.2) is 4.79 Å². The van der Waals surface area contributed by atoms with E-state index in [1.54, 1.807) is 24.3 Å². The zero-order chi connectivity index (χ0) is 17.9. The first-order chi connectivity index (χ1) is 12.2. The molecule has 1 aromatic carbocycles. The van der Waals surface area contributed by atoms with Gasteiger partial charge in [-0.15, -0.1) is 0 Å². The van der Waals surface area contributed by atoms with Gasteiger partial charge in [0.1, 0.15) is 6.10 Å².